The van der Waals surface area contributed by atoms with E-state index in [4.69, 9.17) is 21.1 Å². The first-order valence-corrected chi connectivity index (χ1v) is 9.75. The van der Waals surface area contributed by atoms with Gasteiger partial charge in [0.05, 0.1) is 5.41 Å². The van der Waals surface area contributed by atoms with E-state index in [0.29, 0.717) is 23.1 Å². The van der Waals surface area contributed by atoms with E-state index in [1.165, 1.54) is 6.07 Å². The Morgan fingerprint density at radius 3 is 2.32 bits per heavy atom. The Bertz CT molecular complexity index is 1040. The van der Waals surface area contributed by atoms with E-state index in [1.807, 2.05) is 12.1 Å². The lowest BCUT2D eigenvalue weighted by Gasteiger charge is -2.20. The van der Waals surface area contributed by atoms with Crippen LogP contribution in [0.4, 0.5) is 13.2 Å². The Morgan fingerprint density at radius 1 is 1.16 bits per heavy atom. The molecule has 1 fully saturated rings. The summed E-state index contributed by atoms with van der Waals surface area (Å²) in [5.74, 6) is 0.0677. The average molecular weight is 450 g/mol. The van der Waals surface area contributed by atoms with Crippen molar-refractivity contribution < 1.29 is 27.4 Å². The van der Waals surface area contributed by atoms with Gasteiger partial charge in [-0.15, -0.1) is 0 Å². The summed E-state index contributed by atoms with van der Waals surface area (Å²) in [6, 6.07) is 17.2. The largest absolute Gasteiger partial charge is 0.457 e. The number of rotatable bonds is 6. The smallest absolute Gasteiger partial charge is 0.426 e. The first-order chi connectivity index (χ1) is 14.5. The van der Waals surface area contributed by atoms with Gasteiger partial charge in [-0.2, -0.15) is 18.4 Å². The molecule has 2 aromatic carbocycles. The van der Waals surface area contributed by atoms with E-state index in [2.05, 4.69) is 0 Å². The lowest BCUT2D eigenvalue weighted by atomic mass is 9.95. The highest BCUT2D eigenvalue weighted by atomic mass is 35.5. The second-order valence-electron chi connectivity index (χ2n) is 7.92. The number of esters is 1. The lowest BCUT2D eigenvalue weighted by molar-refractivity contribution is -0.153. The van der Waals surface area contributed by atoms with Crippen LogP contribution in [0.25, 0.3) is 0 Å². The Hall–Kier alpha value is -2.98. The Kier molecular flexibility index (Phi) is 6.06. The summed E-state index contributed by atoms with van der Waals surface area (Å²) in [4.78, 5) is 12.8. The summed E-state index contributed by atoms with van der Waals surface area (Å²) in [7, 11) is 0. The first-order valence-electron chi connectivity index (χ1n) is 9.38. The van der Waals surface area contributed by atoms with E-state index in [-0.39, 0.29) is 6.42 Å². The van der Waals surface area contributed by atoms with Crippen molar-refractivity contribution in [2.24, 2.45) is 10.8 Å². The molecule has 0 amide bonds. The topological polar surface area (TPSA) is 59.3 Å². The number of para-hydroxylation sites is 1. The SMILES string of the molecule is CC1(C)CC1(/C=C(\Cl)C(F)(F)F)C(=O)O[C@@H](C#N)c1cccc(Oc2ccccc2)c1. The predicted molar refractivity (Wildman–Crippen MR) is 108 cm³/mol. The van der Waals surface area contributed by atoms with Crippen molar-refractivity contribution in [2.75, 3.05) is 0 Å². The minimum atomic E-state index is -4.77. The van der Waals surface area contributed by atoms with Crippen molar-refractivity contribution in [3.05, 3.63) is 71.3 Å². The molecule has 162 valence electrons. The fourth-order valence-electron chi connectivity index (χ4n) is 3.35. The van der Waals surface area contributed by atoms with E-state index < -0.39 is 34.1 Å². The Morgan fingerprint density at radius 2 is 1.77 bits per heavy atom. The molecular weight excluding hydrogens is 431 g/mol. The molecule has 31 heavy (non-hydrogen) atoms. The van der Waals surface area contributed by atoms with E-state index in [0.717, 1.165) is 0 Å². The summed E-state index contributed by atoms with van der Waals surface area (Å²) in [5.41, 5.74) is -2.00. The van der Waals surface area contributed by atoms with Crippen molar-refractivity contribution in [3.8, 4) is 17.6 Å². The van der Waals surface area contributed by atoms with Crippen molar-refractivity contribution in [1.82, 2.24) is 0 Å². The summed E-state index contributed by atoms with van der Waals surface area (Å²) in [6.07, 6.45) is -5.27. The molecule has 0 spiro atoms. The molecule has 0 bridgehead atoms. The van der Waals surface area contributed by atoms with Gasteiger partial charge in [0.15, 0.2) is 0 Å². The minimum absolute atomic E-state index is 0.125. The second-order valence-corrected chi connectivity index (χ2v) is 8.33. The summed E-state index contributed by atoms with van der Waals surface area (Å²) < 4.78 is 49.8. The van der Waals surface area contributed by atoms with Crippen LogP contribution in [0.3, 0.4) is 0 Å². The number of allylic oxidation sites excluding steroid dienone is 1. The van der Waals surface area contributed by atoms with Crippen LogP contribution in [-0.4, -0.2) is 12.1 Å². The molecule has 0 radical (unpaired) electrons. The maximum atomic E-state index is 12.9. The van der Waals surface area contributed by atoms with Gasteiger partial charge in [-0.3, -0.25) is 4.79 Å². The number of ether oxygens (including phenoxy) is 2. The predicted octanol–water partition coefficient (Wildman–Crippen LogP) is 6.69. The zero-order valence-corrected chi connectivity index (χ0v) is 17.5. The van der Waals surface area contributed by atoms with Crippen LogP contribution >= 0.6 is 11.6 Å². The van der Waals surface area contributed by atoms with Gasteiger partial charge in [0.1, 0.15) is 22.6 Å². The van der Waals surface area contributed by atoms with Gasteiger partial charge < -0.3 is 9.47 Å². The Labute approximate surface area is 182 Å². The number of carbonyl (C=O) groups excluding carboxylic acids is 1. The standard InChI is InChI=1S/C23H19ClF3NO3/c1-21(2)14-22(21,12-19(24)23(25,26)27)20(29)31-18(13-28)15-7-6-10-17(11-15)30-16-8-4-3-5-9-16/h3-12,18H,14H2,1-2H3/b19-12-/t18-,22?/m0/s1. The number of nitrogens with zero attached hydrogens (tertiary/aromatic N) is 1. The maximum Gasteiger partial charge on any atom is 0.426 e. The molecule has 2 atom stereocenters. The van der Waals surface area contributed by atoms with Gasteiger partial charge in [-0.05, 0) is 42.2 Å². The van der Waals surface area contributed by atoms with Crippen molar-refractivity contribution in [1.29, 1.82) is 5.26 Å². The van der Waals surface area contributed by atoms with Crippen LogP contribution in [-0.2, 0) is 9.53 Å². The third-order valence-electron chi connectivity index (χ3n) is 5.29. The molecule has 0 aliphatic heterocycles. The normalized spacial score (nSPS) is 21.0. The lowest BCUT2D eigenvalue weighted by Crippen LogP contribution is -2.25. The highest BCUT2D eigenvalue weighted by Crippen LogP contribution is 2.66. The van der Waals surface area contributed by atoms with Crippen LogP contribution < -0.4 is 4.74 Å². The van der Waals surface area contributed by atoms with E-state index in [9.17, 15) is 23.2 Å². The number of hydrogen-bond acceptors (Lipinski definition) is 4. The number of alkyl halides is 3. The second kappa shape index (κ2) is 8.27. The monoisotopic (exact) mass is 449 g/mol. The van der Waals surface area contributed by atoms with Crippen molar-refractivity contribution in [2.45, 2.75) is 32.5 Å². The molecule has 0 aromatic heterocycles. The molecule has 4 nitrogen and oxygen atoms in total. The van der Waals surface area contributed by atoms with Crippen LogP contribution in [0.2, 0.25) is 0 Å². The number of nitriles is 1. The third kappa shape index (κ3) is 4.86. The fourth-order valence-corrected chi connectivity index (χ4v) is 3.54. The quantitative estimate of drug-likeness (QED) is 0.461. The fraction of sp³-hybridized carbons (Fsp3) is 0.304. The molecular formula is C23H19ClF3NO3. The van der Waals surface area contributed by atoms with Gasteiger partial charge >= 0.3 is 12.1 Å². The number of halogens is 4. The van der Waals surface area contributed by atoms with Crippen LogP contribution in [0.1, 0.15) is 31.9 Å². The molecule has 8 heteroatoms. The van der Waals surface area contributed by atoms with Gasteiger partial charge in [-0.1, -0.05) is 55.8 Å². The van der Waals surface area contributed by atoms with E-state index >= 15 is 0 Å². The van der Waals surface area contributed by atoms with Crippen molar-refractivity contribution in [3.63, 3.8) is 0 Å². The van der Waals surface area contributed by atoms with Crippen LogP contribution in [0.15, 0.2) is 65.7 Å². The summed E-state index contributed by atoms with van der Waals surface area (Å²) >= 11 is 5.38. The zero-order chi connectivity index (χ0) is 22.9. The molecule has 1 saturated carbocycles. The number of carbonyl (C=O) groups is 1. The molecule has 1 aliphatic carbocycles. The van der Waals surface area contributed by atoms with Crippen LogP contribution in [0.5, 0.6) is 11.5 Å². The van der Waals surface area contributed by atoms with Crippen LogP contribution in [0, 0.1) is 22.2 Å². The minimum Gasteiger partial charge on any atom is -0.457 e. The van der Waals surface area contributed by atoms with Gasteiger partial charge in [0, 0.05) is 5.56 Å². The summed E-state index contributed by atoms with van der Waals surface area (Å²) in [6.45, 7) is 3.28. The average Bonchev–Trinajstić information content (AvgIpc) is 3.27. The van der Waals surface area contributed by atoms with E-state index in [1.54, 1.807) is 56.3 Å². The molecule has 0 N–H and O–H groups in total. The zero-order valence-electron chi connectivity index (χ0n) is 16.7. The highest BCUT2D eigenvalue weighted by Gasteiger charge is 2.67. The van der Waals surface area contributed by atoms with Gasteiger partial charge in [0.25, 0.3) is 0 Å². The van der Waals surface area contributed by atoms with Gasteiger partial charge in [0.2, 0.25) is 6.10 Å². The molecule has 1 unspecified atom stereocenters. The maximum absolute atomic E-state index is 12.9. The Balaban J connectivity index is 1.82. The molecule has 0 saturated heterocycles. The summed E-state index contributed by atoms with van der Waals surface area (Å²) in [5, 5.41) is 8.16. The molecule has 3 rings (SSSR count). The van der Waals surface area contributed by atoms with Crippen molar-refractivity contribution >= 4 is 17.6 Å². The molecule has 1 aliphatic rings. The first kappa shape index (κ1) is 22.7. The number of benzene rings is 2. The third-order valence-corrected chi connectivity index (χ3v) is 5.62. The number of hydrogen-bond donors (Lipinski definition) is 0. The molecule has 0 heterocycles. The highest BCUT2D eigenvalue weighted by molar-refractivity contribution is 6.30. The molecule has 2 aromatic rings. The van der Waals surface area contributed by atoms with Gasteiger partial charge in [-0.25, -0.2) is 0 Å².